The Hall–Kier alpha value is -2.24. The van der Waals surface area contributed by atoms with Crippen LogP contribution >= 0.6 is 0 Å². The fourth-order valence-electron chi connectivity index (χ4n) is 5.80. The topological polar surface area (TPSA) is 76.7 Å². The molecule has 0 radical (unpaired) electrons. The van der Waals surface area contributed by atoms with Crippen molar-refractivity contribution in [3.8, 4) is 11.5 Å². The molecule has 4 aliphatic rings. The number of ether oxygens (including phenoxy) is 2. The molecule has 4 bridgehead atoms. The van der Waals surface area contributed by atoms with E-state index in [1.54, 1.807) is 7.11 Å². The van der Waals surface area contributed by atoms with Crippen molar-refractivity contribution in [2.75, 3.05) is 13.7 Å². The van der Waals surface area contributed by atoms with Gasteiger partial charge in [-0.3, -0.25) is 20.4 Å². The molecule has 0 spiro atoms. The lowest BCUT2D eigenvalue weighted by molar-refractivity contribution is -0.148. The summed E-state index contributed by atoms with van der Waals surface area (Å²) >= 11 is 0. The van der Waals surface area contributed by atoms with Gasteiger partial charge in [-0.1, -0.05) is 0 Å². The van der Waals surface area contributed by atoms with Gasteiger partial charge in [0.15, 0.2) is 0 Å². The SMILES string of the molecule is COc1ccc(OCCCC(=O)NNC(=O)C23CC4CC(CC(C4)C2)C3)cc1. The average molecular weight is 386 g/mol. The lowest BCUT2D eigenvalue weighted by Crippen LogP contribution is -2.56. The number of nitrogens with one attached hydrogen (secondary N) is 2. The maximum atomic E-state index is 12.8. The molecular weight excluding hydrogens is 356 g/mol. The second-order valence-corrected chi connectivity index (χ2v) is 8.83. The van der Waals surface area contributed by atoms with Crippen LogP contribution in [0.3, 0.4) is 0 Å². The second kappa shape index (κ2) is 8.02. The molecule has 4 fully saturated rings. The molecule has 0 aromatic heterocycles. The largest absolute Gasteiger partial charge is 0.497 e. The van der Waals surface area contributed by atoms with Crippen LogP contribution in [0.1, 0.15) is 51.4 Å². The highest BCUT2D eigenvalue weighted by molar-refractivity contribution is 5.86. The normalized spacial score (nSPS) is 30.0. The first-order chi connectivity index (χ1) is 13.6. The van der Waals surface area contributed by atoms with Crippen LogP contribution in [0.25, 0.3) is 0 Å². The van der Waals surface area contributed by atoms with E-state index in [0.717, 1.165) is 30.8 Å². The van der Waals surface area contributed by atoms with Crippen molar-refractivity contribution in [3.63, 3.8) is 0 Å². The van der Waals surface area contributed by atoms with Gasteiger partial charge in [-0.15, -0.1) is 0 Å². The lowest BCUT2D eigenvalue weighted by atomic mass is 9.49. The first kappa shape index (κ1) is 19.1. The van der Waals surface area contributed by atoms with Crippen LogP contribution in [0.2, 0.25) is 0 Å². The van der Waals surface area contributed by atoms with E-state index in [1.807, 2.05) is 24.3 Å². The Morgan fingerprint density at radius 1 is 0.964 bits per heavy atom. The van der Waals surface area contributed by atoms with E-state index in [4.69, 9.17) is 9.47 Å². The second-order valence-electron chi connectivity index (χ2n) is 8.83. The van der Waals surface area contributed by atoms with Crippen LogP contribution in [-0.2, 0) is 9.59 Å². The molecule has 6 nitrogen and oxygen atoms in total. The van der Waals surface area contributed by atoms with Gasteiger partial charge in [0.25, 0.3) is 0 Å². The van der Waals surface area contributed by atoms with Crippen molar-refractivity contribution in [1.82, 2.24) is 10.9 Å². The van der Waals surface area contributed by atoms with Crippen LogP contribution in [0.5, 0.6) is 11.5 Å². The van der Waals surface area contributed by atoms with E-state index < -0.39 is 0 Å². The molecule has 1 aromatic carbocycles. The van der Waals surface area contributed by atoms with E-state index >= 15 is 0 Å². The molecule has 2 amide bonds. The average Bonchev–Trinajstić information content (AvgIpc) is 2.69. The molecule has 4 aliphatic carbocycles. The summed E-state index contributed by atoms with van der Waals surface area (Å²) in [5.74, 6) is 3.51. The highest BCUT2D eigenvalue weighted by Gasteiger charge is 2.54. The highest BCUT2D eigenvalue weighted by Crippen LogP contribution is 2.60. The van der Waals surface area contributed by atoms with Gasteiger partial charge >= 0.3 is 0 Å². The standard InChI is InChI=1S/C22H30N2O4/c1-27-18-4-6-19(7-5-18)28-8-2-3-20(25)23-24-21(26)22-12-15-9-16(13-22)11-17(10-15)14-22/h4-7,15-17H,2-3,8-14H2,1H3,(H,23,25)(H,24,26). The third kappa shape index (κ3) is 4.10. The Balaban J connectivity index is 1.16. The number of hydrogen-bond acceptors (Lipinski definition) is 4. The van der Waals surface area contributed by atoms with Crippen LogP contribution in [0.15, 0.2) is 24.3 Å². The minimum Gasteiger partial charge on any atom is -0.497 e. The predicted molar refractivity (Wildman–Crippen MR) is 105 cm³/mol. The maximum Gasteiger partial charge on any atom is 0.244 e. The molecule has 0 atom stereocenters. The number of hydrogen-bond donors (Lipinski definition) is 2. The number of carbonyl (C=O) groups excluding carboxylic acids is 2. The third-order valence-electron chi connectivity index (χ3n) is 6.71. The van der Waals surface area contributed by atoms with E-state index in [9.17, 15) is 9.59 Å². The van der Waals surface area contributed by atoms with Crippen LogP contribution in [0, 0.1) is 23.2 Å². The van der Waals surface area contributed by atoms with Crippen molar-refractivity contribution in [1.29, 1.82) is 0 Å². The summed E-state index contributed by atoms with van der Waals surface area (Å²) in [6.45, 7) is 0.447. The fourth-order valence-corrected chi connectivity index (χ4v) is 5.80. The number of benzene rings is 1. The van der Waals surface area contributed by atoms with Gasteiger partial charge in [0, 0.05) is 6.42 Å². The maximum absolute atomic E-state index is 12.8. The number of carbonyl (C=O) groups is 2. The van der Waals surface area contributed by atoms with Gasteiger partial charge in [-0.05, 0) is 87.0 Å². The molecule has 5 rings (SSSR count). The van der Waals surface area contributed by atoms with Crippen LogP contribution in [0.4, 0.5) is 0 Å². The number of amides is 2. The van der Waals surface area contributed by atoms with Crippen molar-refractivity contribution in [3.05, 3.63) is 24.3 Å². The van der Waals surface area contributed by atoms with Gasteiger partial charge in [0.2, 0.25) is 11.8 Å². The van der Waals surface area contributed by atoms with Crippen LogP contribution in [-0.4, -0.2) is 25.5 Å². The third-order valence-corrected chi connectivity index (χ3v) is 6.71. The summed E-state index contributed by atoms with van der Waals surface area (Å²) in [4.78, 5) is 24.9. The number of hydrazine groups is 1. The minimum absolute atomic E-state index is 0.0226. The number of rotatable bonds is 7. The highest BCUT2D eigenvalue weighted by atomic mass is 16.5. The molecule has 1 aromatic rings. The van der Waals surface area contributed by atoms with Crippen molar-refractivity contribution >= 4 is 11.8 Å². The summed E-state index contributed by atoms with van der Waals surface area (Å²) in [7, 11) is 1.62. The quantitative estimate of drug-likeness (QED) is 0.557. The molecule has 2 N–H and O–H groups in total. The molecule has 152 valence electrons. The zero-order chi connectivity index (χ0) is 19.6. The monoisotopic (exact) mass is 386 g/mol. The first-order valence-electron chi connectivity index (χ1n) is 10.4. The Kier molecular flexibility index (Phi) is 5.47. The van der Waals surface area contributed by atoms with Gasteiger partial charge < -0.3 is 9.47 Å². The van der Waals surface area contributed by atoms with Gasteiger partial charge in [0.05, 0.1) is 19.1 Å². The Morgan fingerprint density at radius 3 is 2.11 bits per heavy atom. The molecule has 4 saturated carbocycles. The molecule has 0 unspecified atom stereocenters. The summed E-state index contributed by atoms with van der Waals surface area (Å²) < 4.78 is 10.7. The summed E-state index contributed by atoms with van der Waals surface area (Å²) in [5, 5.41) is 0. The van der Waals surface area contributed by atoms with Gasteiger partial charge in [0.1, 0.15) is 11.5 Å². The molecule has 0 heterocycles. The van der Waals surface area contributed by atoms with Gasteiger partial charge in [-0.2, -0.15) is 0 Å². The zero-order valence-electron chi connectivity index (χ0n) is 16.5. The van der Waals surface area contributed by atoms with Gasteiger partial charge in [-0.25, -0.2) is 0 Å². The Labute approximate surface area is 166 Å². The fraction of sp³-hybridized carbons (Fsp3) is 0.636. The van der Waals surface area contributed by atoms with E-state index in [0.29, 0.717) is 37.2 Å². The van der Waals surface area contributed by atoms with E-state index in [1.165, 1.54) is 19.3 Å². The van der Waals surface area contributed by atoms with E-state index in [-0.39, 0.29) is 17.2 Å². The van der Waals surface area contributed by atoms with E-state index in [2.05, 4.69) is 10.9 Å². The van der Waals surface area contributed by atoms with Crippen LogP contribution < -0.4 is 20.3 Å². The summed E-state index contributed by atoms with van der Waals surface area (Å²) in [6, 6.07) is 7.35. The molecule has 28 heavy (non-hydrogen) atoms. The predicted octanol–water partition coefficient (Wildman–Crippen LogP) is 3.22. The lowest BCUT2D eigenvalue weighted by Gasteiger charge is -2.55. The smallest absolute Gasteiger partial charge is 0.244 e. The summed E-state index contributed by atoms with van der Waals surface area (Å²) in [5.41, 5.74) is 5.09. The van der Waals surface area contributed by atoms with Crippen molar-refractivity contribution in [2.45, 2.75) is 51.4 Å². The molecular formula is C22H30N2O4. The van der Waals surface area contributed by atoms with Crippen molar-refractivity contribution < 1.29 is 19.1 Å². The number of methoxy groups -OCH3 is 1. The zero-order valence-corrected chi connectivity index (χ0v) is 16.5. The first-order valence-corrected chi connectivity index (χ1v) is 10.4. The minimum atomic E-state index is -0.237. The molecule has 0 aliphatic heterocycles. The Bertz CT molecular complexity index is 680. The molecule has 0 saturated heterocycles. The molecule has 6 heteroatoms. The Morgan fingerprint density at radius 2 is 1.54 bits per heavy atom. The van der Waals surface area contributed by atoms with Crippen molar-refractivity contribution in [2.24, 2.45) is 23.2 Å². The summed E-state index contributed by atoms with van der Waals surface area (Å²) in [6.07, 6.45) is 7.79.